The molecular formula is C18H23N3O. The molecule has 0 unspecified atom stereocenters. The second kappa shape index (κ2) is 7.59. The minimum atomic E-state index is -0.000416. The van der Waals surface area contributed by atoms with Crippen LogP contribution in [0.25, 0.3) is 0 Å². The molecule has 0 spiro atoms. The van der Waals surface area contributed by atoms with E-state index >= 15 is 0 Å². The molecule has 0 aliphatic carbocycles. The number of benzene rings is 1. The standard InChI is InChI=1S/C18H23N3O/c1-4-18(22)20-16-10-11-17(19-12-16)21(14(2)3)13-15-8-6-5-7-9-15/h5-12,14H,4,13H2,1-3H3,(H,20,22). The lowest BCUT2D eigenvalue weighted by Crippen LogP contribution is -2.30. The first-order valence-corrected chi connectivity index (χ1v) is 7.66. The van der Waals surface area contributed by atoms with Gasteiger partial charge in [-0.25, -0.2) is 4.98 Å². The summed E-state index contributed by atoms with van der Waals surface area (Å²) in [6.07, 6.45) is 2.18. The molecule has 0 aliphatic heterocycles. The fourth-order valence-electron chi connectivity index (χ4n) is 2.19. The van der Waals surface area contributed by atoms with E-state index in [0.29, 0.717) is 12.5 Å². The summed E-state index contributed by atoms with van der Waals surface area (Å²) < 4.78 is 0. The number of hydrogen-bond acceptors (Lipinski definition) is 3. The third-order valence-electron chi connectivity index (χ3n) is 3.47. The molecule has 1 aromatic heterocycles. The van der Waals surface area contributed by atoms with Crippen LogP contribution in [-0.4, -0.2) is 16.9 Å². The van der Waals surface area contributed by atoms with E-state index in [4.69, 9.17) is 0 Å². The molecule has 116 valence electrons. The van der Waals surface area contributed by atoms with Gasteiger partial charge in [0.25, 0.3) is 0 Å². The zero-order valence-corrected chi connectivity index (χ0v) is 13.4. The SMILES string of the molecule is CCC(=O)Nc1ccc(N(Cc2ccccc2)C(C)C)nc1. The van der Waals surface area contributed by atoms with E-state index in [1.807, 2.05) is 37.3 Å². The van der Waals surface area contributed by atoms with Crippen molar-refractivity contribution in [2.45, 2.75) is 39.8 Å². The van der Waals surface area contributed by atoms with Gasteiger partial charge in [-0.15, -0.1) is 0 Å². The Morgan fingerprint density at radius 2 is 1.91 bits per heavy atom. The minimum absolute atomic E-state index is 0.000416. The van der Waals surface area contributed by atoms with Crippen LogP contribution >= 0.6 is 0 Å². The van der Waals surface area contributed by atoms with Crippen molar-refractivity contribution in [2.24, 2.45) is 0 Å². The Bertz CT molecular complexity index is 593. The summed E-state index contributed by atoms with van der Waals surface area (Å²) in [6.45, 7) is 6.94. The number of amides is 1. The quantitative estimate of drug-likeness (QED) is 0.881. The van der Waals surface area contributed by atoms with Crippen LogP contribution in [0.1, 0.15) is 32.8 Å². The zero-order chi connectivity index (χ0) is 15.9. The first-order chi connectivity index (χ1) is 10.6. The van der Waals surface area contributed by atoms with E-state index in [-0.39, 0.29) is 5.91 Å². The van der Waals surface area contributed by atoms with Crippen LogP contribution in [0.3, 0.4) is 0 Å². The fraction of sp³-hybridized carbons (Fsp3) is 0.333. The van der Waals surface area contributed by atoms with Crippen molar-refractivity contribution < 1.29 is 4.79 Å². The van der Waals surface area contributed by atoms with Crippen LogP contribution in [0, 0.1) is 0 Å². The highest BCUT2D eigenvalue weighted by atomic mass is 16.1. The largest absolute Gasteiger partial charge is 0.350 e. The number of hydrogen-bond donors (Lipinski definition) is 1. The predicted molar refractivity (Wildman–Crippen MR) is 90.9 cm³/mol. The third kappa shape index (κ3) is 4.32. The van der Waals surface area contributed by atoms with Gasteiger partial charge >= 0.3 is 0 Å². The summed E-state index contributed by atoms with van der Waals surface area (Å²) in [5.74, 6) is 0.910. The minimum Gasteiger partial charge on any atom is -0.350 e. The highest BCUT2D eigenvalue weighted by molar-refractivity contribution is 5.90. The van der Waals surface area contributed by atoms with Crippen LogP contribution in [0.2, 0.25) is 0 Å². The van der Waals surface area contributed by atoms with Gasteiger partial charge in [-0.05, 0) is 31.5 Å². The molecule has 2 rings (SSSR count). The Balaban J connectivity index is 2.13. The summed E-state index contributed by atoms with van der Waals surface area (Å²) in [5, 5.41) is 2.82. The zero-order valence-electron chi connectivity index (χ0n) is 13.4. The highest BCUT2D eigenvalue weighted by Crippen LogP contribution is 2.19. The first-order valence-electron chi connectivity index (χ1n) is 7.66. The van der Waals surface area contributed by atoms with Crippen LogP contribution < -0.4 is 10.2 Å². The molecule has 0 aliphatic rings. The number of pyridine rings is 1. The second-order valence-electron chi connectivity index (χ2n) is 5.51. The average Bonchev–Trinajstić information content (AvgIpc) is 2.54. The van der Waals surface area contributed by atoms with Gasteiger partial charge in [0.15, 0.2) is 0 Å². The van der Waals surface area contributed by atoms with Crippen molar-refractivity contribution in [3.63, 3.8) is 0 Å². The number of carbonyl (C=O) groups is 1. The summed E-state index contributed by atoms with van der Waals surface area (Å²) in [5.41, 5.74) is 1.99. The summed E-state index contributed by atoms with van der Waals surface area (Å²) >= 11 is 0. The average molecular weight is 297 g/mol. The van der Waals surface area contributed by atoms with Gasteiger partial charge in [0.2, 0.25) is 5.91 Å². The van der Waals surface area contributed by atoms with Gasteiger partial charge < -0.3 is 10.2 Å². The van der Waals surface area contributed by atoms with Crippen molar-refractivity contribution in [1.29, 1.82) is 0 Å². The number of nitrogens with zero attached hydrogens (tertiary/aromatic N) is 2. The topological polar surface area (TPSA) is 45.2 Å². The Kier molecular flexibility index (Phi) is 5.53. The lowest BCUT2D eigenvalue weighted by Gasteiger charge is -2.28. The van der Waals surface area contributed by atoms with E-state index in [0.717, 1.165) is 18.1 Å². The van der Waals surface area contributed by atoms with Crippen molar-refractivity contribution in [3.05, 3.63) is 54.2 Å². The van der Waals surface area contributed by atoms with Gasteiger partial charge in [0.05, 0.1) is 11.9 Å². The van der Waals surface area contributed by atoms with Crippen molar-refractivity contribution >= 4 is 17.4 Å². The van der Waals surface area contributed by atoms with Crippen LogP contribution in [0.4, 0.5) is 11.5 Å². The lowest BCUT2D eigenvalue weighted by atomic mass is 10.2. The van der Waals surface area contributed by atoms with Crippen molar-refractivity contribution in [2.75, 3.05) is 10.2 Å². The second-order valence-corrected chi connectivity index (χ2v) is 5.51. The highest BCUT2D eigenvalue weighted by Gasteiger charge is 2.12. The number of anilines is 2. The molecule has 1 amide bonds. The molecule has 0 saturated carbocycles. The number of nitrogens with one attached hydrogen (secondary N) is 1. The van der Waals surface area contributed by atoms with Gasteiger partial charge in [-0.1, -0.05) is 37.3 Å². The Morgan fingerprint density at radius 1 is 1.18 bits per heavy atom. The number of carbonyl (C=O) groups excluding carboxylic acids is 1. The summed E-state index contributed by atoms with van der Waals surface area (Å²) in [4.78, 5) is 18.1. The molecular weight excluding hydrogens is 274 g/mol. The molecule has 4 nitrogen and oxygen atoms in total. The maximum atomic E-state index is 11.4. The van der Waals surface area contributed by atoms with E-state index in [1.165, 1.54) is 5.56 Å². The van der Waals surface area contributed by atoms with Crippen LogP contribution in [-0.2, 0) is 11.3 Å². The van der Waals surface area contributed by atoms with Gasteiger partial charge in [-0.2, -0.15) is 0 Å². The molecule has 1 heterocycles. The molecule has 4 heteroatoms. The van der Waals surface area contributed by atoms with E-state index in [1.54, 1.807) is 6.20 Å². The Hall–Kier alpha value is -2.36. The maximum Gasteiger partial charge on any atom is 0.224 e. The van der Waals surface area contributed by atoms with Crippen molar-refractivity contribution in [3.8, 4) is 0 Å². The number of aromatic nitrogens is 1. The van der Waals surface area contributed by atoms with Crippen LogP contribution in [0.5, 0.6) is 0 Å². The molecule has 0 bridgehead atoms. The number of rotatable bonds is 6. The monoisotopic (exact) mass is 297 g/mol. The first kappa shape index (κ1) is 16.0. The summed E-state index contributed by atoms with van der Waals surface area (Å²) in [7, 11) is 0. The van der Waals surface area contributed by atoms with Gasteiger partial charge in [0.1, 0.15) is 5.82 Å². The molecule has 22 heavy (non-hydrogen) atoms. The Labute approximate surface area is 132 Å². The molecule has 0 radical (unpaired) electrons. The molecule has 1 aromatic carbocycles. The predicted octanol–water partition coefficient (Wildman–Crippen LogP) is 3.85. The smallest absolute Gasteiger partial charge is 0.224 e. The third-order valence-corrected chi connectivity index (χ3v) is 3.47. The lowest BCUT2D eigenvalue weighted by molar-refractivity contribution is -0.115. The van der Waals surface area contributed by atoms with Crippen molar-refractivity contribution in [1.82, 2.24) is 4.98 Å². The van der Waals surface area contributed by atoms with Crippen LogP contribution in [0.15, 0.2) is 48.7 Å². The molecule has 1 N–H and O–H groups in total. The normalized spacial score (nSPS) is 10.5. The fourth-order valence-corrected chi connectivity index (χ4v) is 2.19. The van der Waals surface area contributed by atoms with Gasteiger partial charge in [-0.3, -0.25) is 4.79 Å². The van der Waals surface area contributed by atoms with E-state index < -0.39 is 0 Å². The van der Waals surface area contributed by atoms with E-state index in [9.17, 15) is 4.79 Å². The summed E-state index contributed by atoms with van der Waals surface area (Å²) in [6, 6.07) is 14.5. The molecule has 0 atom stereocenters. The van der Waals surface area contributed by atoms with E-state index in [2.05, 4.69) is 41.2 Å². The molecule has 0 saturated heterocycles. The van der Waals surface area contributed by atoms with Gasteiger partial charge in [0, 0.05) is 19.0 Å². The maximum absolute atomic E-state index is 11.4. The molecule has 2 aromatic rings. The molecule has 0 fully saturated rings. The Morgan fingerprint density at radius 3 is 2.45 bits per heavy atom.